The zero-order chi connectivity index (χ0) is 15.0. The van der Waals surface area contributed by atoms with Crippen LogP contribution in [0.2, 0.25) is 0 Å². The number of carbonyl (C=O) groups is 1. The number of carbonyl (C=O) groups excluding carboxylic acids is 1. The van der Waals surface area contributed by atoms with E-state index in [2.05, 4.69) is 0 Å². The van der Waals surface area contributed by atoms with Gasteiger partial charge in [0.15, 0.2) is 0 Å². The molecule has 0 spiro atoms. The van der Waals surface area contributed by atoms with E-state index < -0.39 is 16.0 Å². The molecule has 0 atom stereocenters. The zero-order valence-corrected chi connectivity index (χ0v) is 11.8. The maximum Gasteiger partial charge on any atom is 0.243 e. The lowest BCUT2D eigenvalue weighted by atomic mass is 10.1. The number of sulfonamides is 1. The quantitative estimate of drug-likeness (QED) is 0.838. The van der Waals surface area contributed by atoms with Gasteiger partial charge in [0.2, 0.25) is 10.0 Å². The van der Waals surface area contributed by atoms with Gasteiger partial charge in [-0.25, -0.2) is 8.42 Å². The maximum atomic E-state index is 12.6. The molecule has 0 amide bonds. The zero-order valence-electron chi connectivity index (χ0n) is 11.0. The second-order valence-corrected chi connectivity index (χ2v) is 6.80. The summed E-state index contributed by atoms with van der Waals surface area (Å²) in [5.74, 6) is -1.39. The second-order valence-electron chi connectivity index (χ2n) is 4.86. The van der Waals surface area contributed by atoms with Crippen molar-refractivity contribution >= 4 is 16.0 Å². The Morgan fingerprint density at radius 2 is 1.62 bits per heavy atom. The van der Waals surface area contributed by atoms with E-state index >= 15 is 0 Å². The van der Waals surface area contributed by atoms with Crippen LogP contribution in [-0.2, 0) is 23.1 Å². The highest BCUT2D eigenvalue weighted by Gasteiger charge is 2.30. The number of benzene rings is 2. The lowest BCUT2D eigenvalue weighted by molar-refractivity contribution is -0.255. The minimum absolute atomic E-state index is 0.0305. The molecule has 3 rings (SSSR count). The summed E-state index contributed by atoms with van der Waals surface area (Å²) in [6.07, 6.45) is 0. The molecule has 0 N–H and O–H groups in total. The van der Waals surface area contributed by atoms with Gasteiger partial charge >= 0.3 is 0 Å². The molecule has 108 valence electrons. The van der Waals surface area contributed by atoms with E-state index in [9.17, 15) is 18.3 Å². The van der Waals surface area contributed by atoms with Gasteiger partial charge in [0, 0.05) is 13.1 Å². The van der Waals surface area contributed by atoms with Crippen LogP contribution < -0.4 is 5.11 Å². The van der Waals surface area contributed by atoms with Gasteiger partial charge in [-0.1, -0.05) is 36.4 Å². The smallest absolute Gasteiger partial charge is 0.243 e. The van der Waals surface area contributed by atoms with E-state index in [1.165, 1.54) is 22.5 Å². The number of fused-ring (bicyclic) bond motifs is 1. The van der Waals surface area contributed by atoms with Gasteiger partial charge < -0.3 is 9.90 Å². The van der Waals surface area contributed by atoms with Crippen LogP contribution in [-0.4, -0.2) is 18.7 Å². The van der Waals surface area contributed by atoms with Gasteiger partial charge in [0.25, 0.3) is 0 Å². The fourth-order valence-electron chi connectivity index (χ4n) is 2.40. The lowest BCUT2D eigenvalue weighted by Gasteiger charge is -2.16. The predicted molar refractivity (Wildman–Crippen MR) is 73.6 cm³/mol. The molecule has 2 aromatic rings. The molecule has 0 saturated carbocycles. The fourth-order valence-corrected chi connectivity index (χ4v) is 3.85. The normalized spacial score (nSPS) is 14.9. The highest BCUT2D eigenvalue weighted by atomic mass is 32.2. The number of hydrogen-bond acceptors (Lipinski definition) is 4. The van der Waals surface area contributed by atoms with E-state index in [0.29, 0.717) is 13.1 Å². The molecular weight excluding hydrogens is 290 g/mol. The summed E-state index contributed by atoms with van der Waals surface area (Å²) in [7, 11) is -3.72. The molecule has 0 fully saturated rings. The highest BCUT2D eigenvalue weighted by molar-refractivity contribution is 7.89. The minimum Gasteiger partial charge on any atom is -0.545 e. The second kappa shape index (κ2) is 4.98. The average molecular weight is 302 g/mol. The number of hydrogen-bond donors (Lipinski definition) is 0. The van der Waals surface area contributed by atoms with Crippen LogP contribution in [0.4, 0.5) is 0 Å². The number of rotatable bonds is 3. The molecule has 1 aliphatic heterocycles. The molecule has 0 aromatic heterocycles. The van der Waals surface area contributed by atoms with Crippen molar-refractivity contribution < 1.29 is 18.3 Å². The molecule has 5 nitrogen and oxygen atoms in total. The van der Waals surface area contributed by atoms with Crippen molar-refractivity contribution in [2.24, 2.45) is 0 Å². The Balaban J connectivity index is 1.96. The standard InChI is InChI=1S/C15H13NO4S/c17-15(18)11-6-3-7-14(8-11)21(19,20)16-9-12-4-1-2-5-13(12)10-16/h1-8H,9-10H2,(H,17,18)/p-1. The minimum atomic E-state index is -3.72. The molecule has 0 unspecified atom stereocenters. The SMILES string of the molecule is O=C([O-])c1cccc(S(=O)(=O)N2Cc3ccccc3C2)c1. The van der Waals surface area contributed by atoms with E-state index in [0.717, 1.165) is 17.2 Å². The van der Waals surface area contributed by atoms with Gasteiger partial charge in [-0.3, -0.25) is 0 Å². The molecule has 0 bridgehead atoms. The Hall–Kier alpha value is -2.18. The van der Waals surface area contributed by atoms with Crippen LogP contribution in [0.15, 0.2) is 53.4 Å². The number of carboxylic acids is 1. The van der Waals surface area contributed by atoms with E-state index in [-0.39, 0.29) is 10.5 Å². The van der Waals surface area contributed by atoms with Crippen molar-refractivity contribution in [3.8, 4) is 0 Å². The summed E-state index contributed by atoms with van der Waals surface area (Å²) in [6.45, 7) is 0.599. The third kappa shape index (κ3) is 2.43. The Bertz CT molecular complexity index is 789. The first-order chi connectivity index (χ1) is 9.98. The summed E-state index contributed by atoms with van der Waals surface area (Å²) in [6, 6.07) is 12.8. The van der Waals surface area contributed by atoms with Crippen LogP contribution in [0.3, 0.4) is 0 Å². The van der Waals surface area contributed by atoms with Crippen molar-refractivity contribution in [2.45, 2.75) is 18.0 Å². The summed E-state index contributed by atoms with van der Waals surface area (Å²) in [4.78, 5) is 10.8. The number of carboxylic acid groups (broad SMARTS) is 1. The van der Waals surface area contributed by atoms with Crippen molar-refractivity contribution in [2.75, 3.05) is 0 Å². The first kappa shape index (κ1) is 13.8. The average Bonchev–Trinajstić information content (AvgIpc) is 2.92. The Kier molecular flexibility index (Phi) is 3.27. The summed E-state index contributed by atoms with van der Waals surface area (Å²) in [5.41, 5.74) is 1.79. The van der Waals surface area contributed by atoms with Gasteiger partial charge in [-0.15, -0.1) is 0 Å². The van der Waals surface area contributed by atoms with Crippen LogP contribution in [0.1, 0.15) is 21.5 Å². The molecule has 2 aromatic carbocycles. The maximum absolute atomic E-state index is 12.6. The summed E-state index contributed by atoms with van der Waals surface area (Å²) in [5, 5.41) is 10.9. The van der Waals surface area contributed by atoms with Crippen LogP contribution in [0.25, 0.3) is 0 Å². The molecule has 0 radical (unpaired) electrons. The van der Waals surface area contributed by atoms with Crippen molar-refractivity contribution in [1.82, 2.24) is 4.31 Å². The highest BCUT2D eigenvalue weighted by Crippen LogP contribution is 2.28. The number of nitrogens with zero attached hydrogens (tertiary/aromatic N) is 1. The molecule has 21 heavy (non-hydrogen) atoms. The molecular formula is C15H12NO4S-. The summed E-state index contributed by atoms with van der Waals surface area (Å²) >= 11 is 0. The van der Waals surface area contributed by atoms with E-state index in [1.807, 2.05) is 24.3 Å². The van der Waals surface area contributed by atoms with Crippen molar-refractivity contribution in [1.29, 1.82) is 0 Å². The van der Waals surface area contributed by atoms with Crippen LogP contribution in [0.5, 0.6) is 0 Å². The monoisotopic (exact) mass is 302 g/mol. The Labute approximate surface area is 122 Å². The molecule has 0 saturated heterocycles. The van der Waals surface area contributed by atoms with Crippen LogP contribution >= 0.6 is 0 Å². The van der Waals surface area contributed by atoms with E-state index in [1.54, 1.807) is 0 Å². The molecule has 0 aliphatic carbocycles. The first-order valence-corrected chi connectivity index (χ1v) is 7.81. The molecule has 1 aliphatic rings. The van der Waals surface area contributed by atoms with Gasteiger partial charge in [-0.05, 0) is 28.8 Å². The van der Waals surface area contributed by atoms with Crippen molar-refractivity contribution in [3.05, 3.63) is 65.2 Å². The largest absolute Gasteiger partial charge is 0.545 e. The predicted octanol–water partition coefficient (Wildman–Crippen LogP) is 0.755. The first-order valence-electron chi connectivity index (χ1n) is 6.37. The van der Waals surface area contributed by atoms with Gasteiger partial charge in [0.1, 0.15) is 0 Å². The van der Waals surface area contributed by atoms with E-state index in [4.69, 9.17) is 0 Å². The molecule has 1 heterocycles. The third-order valence-electron chi connectivity index (χ3n) is 3.52. The topological polar surface area (TPSA) is 77.5 Å². The molecule has 6 heteroatoms. The van der Waals surface area contributed by atoms with Gasteiger partial charge in [-0.2, -0.15) is 4.31 Å². The lowest BCUT2D eigenvalue weighted by Crippen LogP contribution is -2.27. The Morgan fingerprint density at radius 3 is 2.19 bits per heavy atom. The van der Waals surface area contributed by atoms with Gasteiger partial charge in [0.05, 0.1) is 10.9 Å². The third-order valence-corrected chi connectivity index (χ3v) is 5.31. The number of aromatic carboxylic acids is 1. The van der Waals surface area contributed by atoms with Crippen LogP contribution in [0, 0.1) is 0 Å². The Morgan fingerprint density at radius 1 is 1.00 bits per heavy atom. The fraction of sp³-hybridized carbons (Fsp3) is 0.133. The summed E-state index contributed by atoms with van der Waals surface area (Å²) < 4.78 is 26.5. The van der Waals surface area contributed by atoms with Crippen molar-refractivity contribution in [3.63, 3.8) is 0 Å².